The second-order valence-corrected chi connectivity index (χ2v) is 5.49. The zero-order chi connectivity index (χ0) is 15.4. The van der Waals surface area contributed by atoms with Gasteiger partial charge in [0.05, 0.1) is 17.9 Å². The Morgan fingerprint density at radius 3 is 2.76 bits per heavy atom. The van der Waals surface area contributed by atoms with Crippen LogP contribution in [0.5, 0.6) is 5.88 Å². The smallest absolute Gasteiger partial charge is 0.307 e. The number of carbonyl (C=O) groups is 2. The molecule has 0 bridgehead atoms. The number of amides is 1. The van der Waals surface area contributed by atoms with Crippen molar-refractivity contribution in [3.05, 3.63) is 18.3 Å². The van der Waals surface area contributed by atoms with Crippen molar-refractivity contribution in [3.8, 4) is 5.88 Å². The number of hydrogen-bond acceptors (Lipinski definition) is 4. The summed E-state index contributed by atoms with van der Waals surface area (Å²) in [5, 5.41) is 11.9. The molecular formula is C15H20N2O4. The predicted octanol–water partition coefficient (Wildman–Crippen LogP) is 2.31. The molecule has 1 aliphatic rings. The third-order valence-electron chi connectivity index (χ3n) is 3.55. The van der Waals surface area contributed by atoms with E-state index in [1.165, 1.54) is 0 Å². The minimum atomic E-state index is -0.905. The molecule has 0 radical (unpaired) electrons. The van der Waals surface area contributed by atoms with Gasteiger partial charge in [0.1, 0.15) is 5.69 Å². The van der Waals surface area contributed by atoms with Crippen molar-refractivity contribution >= 4 is 17.6 Å². The second-order valence-electron chi connectivity index (χ2n) is 5.49. The van der Waals surface area contributed by atoms with Gasteiger partial charge < -0.3 is 15.2 Å². The lowest BCUT2D eigenvalue weighted by Crippen LogP contribution is -2.30. The molecule has 1 heterocycles. The van der Waals surface area contributed by atoms with E-state index >= 15 is 0 Å². The van der Waals surface area contributed by atoms with Crippen molar-refractivity contribution in [2.75, 3.05) is 5.32 Å². The van der Waals surface area contributed by atoms with E-state index in [1.807, 2.05) is 13.8 Å². The number of aromatic nitrogens is 1. The lowest BCUT2D eigenvalue weighted by Gasteiger charge is -2.17. The van der Waals surface area contributed by atoms with E-state index in [0.717, 1.165) is 6.42 Å². The summed E-state index contributed by atoms with van der Waals surface area (Å²) < 4.78 is 5.54. The first kappa shape index (κ1) is 15.3. The SMILES string of the molecule is CC(C)Oc1ncccc1NC(=O)C1CCCC1C(=O)O. The van der Waals surface area contributed by atoms with Gasteiger partial charge in [-0.15, -0.1) is 0 Å². The number of anilines is 1. The van der Waals surface area contributed by atoms with Gasteiger partial charge in [-0.25, -0.2) is 4.98 Å². The van der Waals surface area contributed by atoms with Crippen LogP contribution < -0.4 is 10.1 Å². The minimum absolute atomic E-state index is 0.0613. The average molecular weight is 292 g/mol. The summed E-state index contributed by atoms with van der Waals surface area (Å²) in [6, 6.07) is 3.40. The van der Waals surface area contributed by atoms with Gasteiger partial charge in [-0.2, -0.15) is 0 Å². The Hall–Kier alpha value is -2.11. The highest BCUT2D eigenvalue weighted by Gasteiger charge is 2.37. The molecule has 0 saturated heterocycles. The summed E-state index contributed by atoms with van der Waals surface area (Å²) in [5.74, 6) is -1.92. The topological polar surface area (TPSA) is 88.5 Å². The molecule has 114 valence electrons. The molecule has 21 heavy (non-hydrogen) atoms. The molecule has 1 saturated carbocycles. The highest BCUT2D eigenvalue weighted by atomic mass is 16.5. The number of hydrogen-bond donors (Lipinski definition) is 2. The van der Waals surface area contributed by atoms with Crippen molar-refractivity contribution in [2.45, 2.75) is 39.2 Å². The van der Waals surface area contributed by atoms with Gasteiger partial charge in [0.15, 0.2) is 0 Å². The number of carboxylic acid groups (broad SMARTS) is 1. The first-order valence-electron chi connectivity index (χ1n) is 7.14. The number of carboxylic acids is 1. The lowest BCUT2D eigenvalue weighted by molar-refractivity contribution is -0.145. The third kappa shape index (κ3) is 3.71. The van der Waals surface area contributed by atoms with Gasteiger partial charge in [-0.05, 0) is 38.8 Å². The molecule has 1 aromatic rings. The first-order valence-corrected chi connectivity index (χ1v) is 7.14. The van der Waals surface area contributed by atoms with E-state index in [2.05, 4.69) is 10.3 Å². The monoisotopic (exact) mass is 292 g/mol. The number of nitrogens with zero attached hydrogens (tertiary/aromatic N) is 1. The molecule has 0 aliphatic heterocycles. The van der Waals surface area contributed by atoms with E-state index in [1.54, 1.807) is 18.3 Å². The van der Waals surface area contributed by atoms with Gasteiger partial charge in [0.2, 0.25) is 11.8 Å². The standard InChI is InChI=1S/C15H20N2O4/c1-9(2)21-14-12(7-4-8-16-14)17-13(18)10-5-3-6-11(10)15(19)20/h4,7-11H,3,5-6H2,1-2H3,(H,17,18)(H,19,20). The van der Waals surface area contributed by atoms with Gasteiger partial charge in [0, 0.05) is 6.20 Å². The summed E-state index contributed by atoms with van der Waals surface area (Å²) in [6.07, 6.45) is 3.44. The van der Waals surface area contributed by atoms with E-state index in [4.69, 9.17) is 9.84 Å². The predicted molar refractivity (Wildman–Crippen MR) is 77.1 cm³/mol. The lowest BCUT2D eigenvalue weighted by atomic mass is 9.95. The summed E-state index contributed by atoms with van der Waals surface area (Å²) in [6.45, 7) is 3.75. The zero-order valence-corrected chi connectivity index (χ0v) is 12.2. The van der Waals surface area contributed by atoms with E-state index in [-0.39, 0.29) is 12.0 Å². The van der Waals surface area contributed by atoms with Crippen molar-refractivity contribution in [1.29, 1.82) is 0 Å². The maximum absolute atomic E-state index is 12.3. The number of aliphatic carboxylic acids is 1. The van der Waals surface area contributed by atoms with Crippen LogP contribution in [0.25, 0.3) is 0 Å². The number of pyridine rings is 1. The molecule has 1 amide bonds. The van der Waals surface area contributed by atoms with Gasteiger partial charge >= 0.3 is 5.97 Å². The zero-order valence-electron chi connectivity index (χ0n) is 12.2. The Morgan fingerprint density at radius 2 is 2.10 bits per heavy atom. The number of rotatable bonds is 5. The van der Waals surface area contributed by atoms with Gasteiger partial charge in [-0.3, -0.25) is 9.59 Å². The summed E-state index contributed by atoms with van der Waals surface area (Å²) in [5.41, 5.74) is 0.479. The second kappa shape index (κ2) is 6.56. The molecule has 2 N–H and O–H groups in total. The van der Waals surface area contributed by atoms with E-state index < -0.39 is 17.8 Å². The third-order valence-corrected chi connectivity index (χ3v) is 3.55. The molecular weight excluding hydrogens is 272 g/mol. The van der Waals surface area contributed by atoms with E-state index in [9.17, 15) is 9.59 Å². The summed E-state index contributed by atoms with van der Waals surface area (Å²) in [4.78, 5) is 27.6. The molecule has 1 aliphatic carbocycles. The first-order chi connectivity index (χ1) is 9.99. The fraction of sp³-hybridized carbons (Fsp3) is 0.533. The molecule has 2 rings (SSSR count). The van der Waals surface area contributed by atoms with Crippen LogP contribution >= 0.6 is 0 Å². The normalized spacial score (nSPS) is 21.3. The summed E-state index contributed by atoms with van der Waals surface area (Å²) >= 11 is 0. The Kier molecular flexibility index (Phi) is 4.77. The Balaban J connectivity index is 2.11. The fourth-order valence-corrected chi connectivity index (χ4v) is 2.60. The van der Waals surface area contributed by atoms with Crippen LogP contribution in [-0.4, -0.2) is 28.1 Å². The van der Waals surface area contributed by atoms with Crippen LogP contribution in [0.15, 0.2) is 18.3 Å². The maximum atomic E-state index is 12.3. The largest absolute Gasteiger partial charge is 0.481 e. The van der Waals surface area contributed by atoms with Crippen LogP contribution in [0.3, 0.4) is 0 Å². The molecule has 6 heteroatoms. The van der Waals surface area contributed by atoms with Crippen molar-refractivity contribution < 1.29 is 19.4 Å². The van der Waals surface area contributed by atoms with E-state index in [0.29, 0.717) is 24.4 Å². The molecule has 0 spiro atoms. The molecule has 0 aromatic carbocycles. The Labute approximate surface area is 123 Å². The number of nitrogens with one attached hydrogen (secondary N) is 1. The van der Waals surface area contributed by atoms with Crippen molar-refractivity contribution in [2.24, 2.45) is 11.8 Å². The van der Waals surface area contributed by atoms with Gasteiger partial charge in [0.25, 0.3) is 0 Å². The molecule has 1 fully saturated rings. The molecule has 2 atom stereocenters. The number of carbonyl (C=O) groups excluding carboxylic acids is 1. The number of ether oxygens (including phenoxy) is 1. The molecule has 2 unspecified atom stereocenters. The highest BCUT2D eigenvalue weighted by Crippen LogP contribution is 2.33. The maximum Gasteiger partial charge on any atom is 0.307 e. The van der Waals surface area contributed by atoms with Crippen molar-refractivity contribution in [3.63, 3.8) is 0 Å². The van der Waals surface area contributed by atoms with Gasteiger partial charge in [-0.1, -0.05) is 6.42 Å². The molecule has 1 aromatic heterocycles. The van der Waals surface area contributed by atoms with Crippen LogP contribution in [0.1, 0.15) is 33.1 Å². The van der Waals surface area contributed by atoms with Crippen LogP contribution in [0.4, 0.5) is 5.69 Å². The van der Waals surface area contributed by atoms with Crippen LogP contribution in [0, 0.1) is 11.8 Å². The Morgan fingerprint density at radius 1 is 1.38 bits per heavy atom. The highest BCUT2D eigenvalue weighted by molar-refractivity contribution is 5.96. The van der Waals surface area contributed by atoms with Crippen molar-refractivity contribution in [1.82, 2.24) is 4.98 Å². The fourth-order valence-electron chi connectivity index (χ4n) is 2.60. The minimum Gasteiger partial charge on any atom is -0.481 e. The quantitative estimate of drug-likeness (QED) is 0.869. The molecule has 6 nitrogen and oxygen atoms in total. The average Bonchev–Trinajstić information content (AvgIpc) is 2.90. The summed E-state index contributed by atoms with van der Waals surface area (Å²) in [7, 11) is 0. The van der Waals surface area contributed by atoms with Crippen LogP contribution in [0.2, 0.25) is 0 Å². The van der Waals surface area contributed by atoms with Crippen LogP contribution in [-0.2, 0) is 9.59 Å². The Bertz CT molecular complexity index is 530.